The first-order valence-corrected chi connectivity index (χ1v) is 7.93. The highest BCUT2D eigenvalue weighted by atomic mass is 35.5. The van der Waals surface area contributed by atoms with Crippen LogP contribution in [0.4, 0.5) is 10.5 Å². The number of amides is 1. The first-order valence-electron chi connectivity index (χ1n) is 7.55. The second-order valence-corrected chi connectivity index (χ2v) is 5.52. The molecule has 0 radical (unpaired) electrons. The molecule has 0 aliphatic carbocycles. The average molecular weight is 394 g/mol. The third kappa shape index (κ3) is 5.58. The van der Waals surface area contributed by atoms with Gasteiger partial charge in [-0.2, -0.15) is 5.10 Å². The van der Waals surface area contributed by atoms with E-state index >= 15 is 0 Å². The van der Waals surface area contributed by atoms with Crippen LogP contribution in [0, 0.1) is 10.1 Å². The molecule has 0 bridgehead atoms. The molecule has 10 heteroatoms. The van der Waals surface area contributed by atoms with E-state index in [1.165, 1.54) is 32.6 Å². The molecule has 2 aromatic carbocycles. The lowest BCUT2D eigenvalue weighted by Crippen LogP contribution is -2.16. The molecule has 142 valence electrons. The van der Waals surface area contributed by atoms with Gasteiger partial charge in [0.05, 0.1) is 30.4 Å². The summed E-state index contributed by atoms with van der Waals surface area (Å²) in [7, 11) is 2.68. The highest BCUT2D eigenvalue weighted by Crippen LogP contribution is 2.36. The summed E-state index contributed by atoms with van der Waals surface area (Å²) in [5.41, 5.74) is 3.45. The van der Waals surface area contributed by atoms with E-state index in [4.69, 9.17) is 21.1 Å². The van der Waals surface area contributed by atoms with Gasteiger partial charge in [0.25, 0.3) is 5.69 Å². The van der Waals surface area contributed by atoms with Crippen LogP contribution in [-0.4, -0.2) is 31.5 Å². The molecular weight excluding hydrogens is 378 g/mol. The Bertz CT molecular complexity index is 854. The summed E-state index contributed by atoms with van der Waals surface area (Å²) >= 11 is 6.25. The predicted molar refractivity (Wildman–Crippen MR) is 98.6 cm³/mol. The molecule has 2 aromatic rings. The zero-order chi connectivity index (χ0) is 19.8. The fourth-order valence-corrected chi connectivity index (χ4v) is 2.30. The van der Waals surface area contributed by atoms with Crippen LogP contribution >= 0.6 is 11.6 Å². The number of ether oxygens (including phenoxy) is 3. The van der Waals surface area contributed by atoms with E-state index in [1.807, 2.05) is 0 Å². The zero-order valence-electron chi connectivity index (χ0n) is 14.5. The van der Waals surface area contributed by atoms with Gasteiger partial charge in [0.1, 0.15) is 6.61 Å². The highest BCUT2D eigenvalue weighted by Gasteiger charge is 2.12. The molecular formula is C17H16ClN3O6. The van der Waals surface area contributed by atoms with Gasteiger partial charge in [-0.3, -0.25) is 10.1 Å². The number of nitrogens with one attached hydrogen (secondary N) is 1. The number of hydrogen-bond acceptors (Lipinski definition) is 7. The number of rotatable bonds is 7. The Morgan fingerprint density at radius 2 is 2.00 bits per heavy atom. The first-order chi connectivity index (χ1) is 12.9. The van der Waals surface area contributed by atoms with Crippen molar-refractivity contribution in [3.05, 3.63) is 62.7 Å². The van der Waals surface area contributed by atoms with Crippen molar-refractivity contribution in [2.24, 2.45) is 5.10 Å². The van der Waals surface area contributed by atoms with Crippen LogP contribution in [0.2, 0.25) is 5.02 Å². The number of hydrogen-bond donors (Lipinski definition) is 1. The van der Waals surface area contributed by atoms with E-state index < -0.39 is 11.0 Å². The lowest BCUT2D eigenvalue weighted by Gasteiger charge is -2.13. The van der Waals surface area contributed by atoms with E-state index in [-0.39, 0.29) is 17.3 Å². The van der Waals surface area contributed by atoms with Crippen molar-refractivity contribution >= 4 is 29.6 Å². The van der Waals surface area contributed by atoms with Gasteiger partial charge in [-0.05, 0) is 35.4 Å². The van der Waals surface area contributed by atoms with Crippen LogP contribution < -0.4 is 14.9 Å². The van der Waals surface area contributed by atoms with E-state index in [0.717, 1.165) is 5.56 Å². The van der Waals surface area contributed by atoms with Crippen LogP contribution in [0.25, 0.3) is 0 Å². The van der Waals surface area contributed by atoms with Crippen LogP contribution in [0.1, 0.15) is 11.1 Å². The van der Waals surface area contributed by atoms with Gasteiger partial charge in [0.2, 0.25) is 0 Å². The Morgan fingerprint density at radius 1 is 1.30 bits per heavy atom. The number of carbonyl (C=O) groups excluding carboxylic acids is 1. The van der Waals surface area contributed by atoms with Gasteiger partial charge in [-0.25, -0.2) is 10.2 Å². The third-order valence-corrected chi connectivity index (χ3v) is 3.62. The maximum atomic E-state index is 11.0. The van der Waals surface area contributed by atoms with Crippen LogP contribution in [0.15, 0.2) is 41.5 Å². The lowest BCUT2D eigenvalue weighted by molar-refractivity contribution is -0.384. The smallest absolute Gasteiger partial charge is 0.427 e. The Morgan fingerprint density at radius 3 is 2.59 bits per heavy atom. The standard InChI is InChI=1S/C17H16ClN3O6/c1-25-15-8-12(9-19-20-17(22)26-2)7-14(18)16(15)27-10-11-3-5-13(6-4-11)21(23)24/h3-9H,10H2,1-2H3,(H,20,22)/b19-9+. The van der Waals surface area contributed by atoms with Crippen LogP contribution in [-0.2, 0) is 11.3 Å². The van der Waals surface area contributed by atoms with Gasteiger partial charge in [0, 0.05) is 12.1 Å². The summed E-state index contributed by atoms with van der Waals surface area (Å²) < 4.78 is 15.4. The SMILES string of the molecule is COC(=O)N/N=C/c1cc(Cl)c(OCc2ccc([N+](=O)[O-])cc2)c(OC)c1. The molecule has 0 aliphatic rings. The second-order valence-electron chi connectivity index (χ2n) is 5.11. The highest BCUT2D eigenvalue weighted by molar-refractivity contribution is 6.32. The van der Waals surface area contributed by atoms with Gasteiger partial charge < -0.3 is 14.2 Å². The van der Waals surface area contributed by atoms with E-state index in [9.17, 15) is 14.9 Å². The number of nitro groups is 1. The lowest BCUT2D eigenvalue weighted by atomic mass is 10.2. The van der Waals surface area contributed by atoms with Crippen molar-refractivity contribution in [3.8, 4) is 11.5 Å². The Kier molecular flexibility index (Phi) is 6.95. The van der Waals surface area contributed by atoms with Crippen LogP contribution in [0.3, 0.4) is 0 Å². The molecule has 0 unspecified atom stereocenters. The summed E-state index contributed by atoms with van der Waals surface area (Å²) in [4.78, 5) is 21.2. The number of hydrazone groups is 1. The Labute approximate surface area is 159 Å². The second kappa shape index (κ2) is 9.39. The minimum Gasteiger partial charge on any atom is -0.493 e. The molecule has 0 atom stereocenters. The van der Waals surface area contributed by atoms with Crippen molar-refractivity contribution in [2.75, 3.05) is 14.2 Å². The fourth-order valence-electron chi connectivity index (χ4n) is 2.03. The van der Waals surface area contributed by atoms with Gasteiger partial charge >= 0.3 is 6.09 Å². The predicted octanol–water partition coefficient (Wildman–Crippen LogP) is 3.53. The van der Waals surface area contributed by atoms with Crippen molar-refractivity contribution in [2.45, 2.75) is 6.61 Å². The molecule has 0 aliphatic heterocycles. The number of halogens is 1. The quantitative estimate of drug-likeness (QED) is 0.437. The number of non-ortho nitro benzene ring substituents is 1. The maximum Gasteiger partial charge on any atom is 0.427 e. The molecule has 9 nitrogen and oxygen atoms in total. The number of carbonyl (C=O) groups is 1. The minimum atomic E-state index is -0.702. The van der Waals surface area contributed by atoms with E-state index in [2.05, 4.69) is 15.3 Å². The molecule has 1 N–H and O–H groups in total. The molecule has 2 rings (SSSR count). The summed E-state index contributed by atoms with van der Waals surface area (Å²) in [5.74, 6) is 0.680. The summed E-state index contributed by atoms with van der Waals surface area (Å²) in [6.45, 7) is 0.144. The topological polar surface area (TPSA) is 112 Å². The molecule has 0 heterocycles. The average Bonchev–Trinajstić information content (AvgIpc) is 2.66. The molecule has 0 saturated heterocycles. The molecule has 0 spiro atoms. The van der Waals surface area contributed by atoms with Gasteiger partial charge in [-0.1, -0.05) is 11.6 Å². The van der Waals surface area contributed by atoms with Crippen molar-refractivity contribution in [1.29, 1.82) is 0 Å². The van der Waals surface area contributed by atoms with Crippen molar-refractivity contribution in [3.63, 3.8) is 0 Å². The van der Waals surface area contributed by atoms with Crippen LogP contribution in [0.5, 0.6) is 11.5 Å². The van der Waals surface area contributed by atoms with Crippen molar-refractivity contribution < 1.29 is 23.9 Å². The van der Waals surface area contributed by atoms with E-state index in [1.54, 1.807) is 24.3 Å². The zero-order valence-corrected chi connectivity index (χ0v) is 15.2. The van der Waals surface area contributed by atoms with Crippen molar-refractivity contribution in [1.82, 2.24) is 5.43 Å². The summed E-state index contributed by atoms with van der Waals surface area (Å²) in [6, 6.07) is 9.18. The normalized spacial score (nSPS) is 10.5. The Hall–Kier alpha value is -3.33. The maximum absolute atomic E-state index is 11.0. The fraction of sp³-hybridized carbons (Fsp3) is 0.176. The first kappa shape index (κ1) is 20.0. The Balaban J connectivity index is 2.12. The van der Waals surface area contributed by atoms with Gasteiger partial charge in [-0.15, -0.1) is 0 Å². The van der Waals surface area contributed by atoms with E-state index in [0.29, 0.717) is 17.1 Å². The number of nitrogens with zero attached hydrogens (tertiary/aromatic N) is 2. The molecule has 1 amide bonds. The van der Waals surface area contributed by atoms with Gasteiger partial charge in [0.15, 0.2) is 11.5 Å². The number of benzene rings is 2. The largest absolute Gasteiger partial charge is 0.493 e. The number of nitro benzene ring substituents is 1. The molecule has 0 saturated carbocycles. The third-order valence-electron chi connectivity index (χ3n) is 3.34. The molecule has 0 aromatic heterocycles. The minimum absolute atomic E-state index is 0.00133. The summed E-state index contributed by atoms with van der Waals surface area (Å²) in [6.07, 6.45) is 0.665. The monoisotopic (exact) mass is 393 g/mol. The summed E-state index contributed by atoms with van der Waals surface area (Å²) in [5, 5.41) is 14.7. The molecule has 27 heavy (non-hydrogen) atoms. The molecule has 0 fully saturated rings. The number of methoxy groups -OCH3 is 2.